The maximum Gasteiger partial charge on any atom is 0.327 e. The zero-order valence-corrected chi connectivity index (χ0v) is 8.04. The fourth-order valence-electron chi connectivity index (χ4n) is 1.51. The summed E-state index contributed by atoms with van der Waals surface area (Å²) in [7, 11) is 0. The number of halogens is 1. The van der Waals surface area contributed by atoms with Crippen molar-refractivity contribution < 1.29 is 4.39 Å². The van der Waals surface area contributed by atoms with E-state index in [4.69, 9.17) is 5.26 Å². The minimum atomic E-state index is -0.392. The molecule has 0 bridgehead atoms. The van der Waals surface area contributed by atoms with Crippen molar-refractivity contribution in [3.8, 4) is 6.07 Å². The number of aromatic amines is 1. The zero-order valence-electron chi connectivity index (χ0n) is 8.04. The zero-order chi connectivity index (χ0) is 11.0. The van der Waals surface area contributed by atoms with Crippen molar-refractivity contribution in [1.82, 2.24) is 9.55 Å². The van der Waals surface area contributed by atoms with Gasteiger partial charge in [0, 0.05) is 6.07 Å². The van der Waals surface area contributed by atoms with Gasteiger partial charge in [0.25, 0.3) is 0 Å². The Labute approximate surface area is 84.6 Å². The van der Waals surface area contributed by atoms with Crippen LogP contribution in [-0.4, -0.2) is 9.55 Å². The average Bonchev–Trinajstić information content (AvgIpc) is 2.46. The summed E-state index contributed by atoms with van der Waals surface area (Å²) in [5.74, 6) is -0.381. The lowest BCUT2D eigenvalue weighted by Gasteiger charge is -1.98. The number of aryl methyl sites for hydroxylation is 1. The van der Waals surface area contributed by atoms with Crippen LogP contribution in [0.25, 0.3) is 11.0 Å². The van der Waals surface area contributed by atoms with E-state index in [1.807, 2.05) is 6.07 Å². The number of nitrogens with zero attached hydrogens (tertiary/aromatic N) is 2. The van der Waals surface area contributed by atoms with Crippen molar-refractivity contribution in [3.05, 3.63) is 34.0 Å². The predicted molar refractivity (Wildman–Crippen MR) is 52.9 cm³/mol. The molecular weight excluding hydrogens is 197 g/mol. The Kier molecular flexibility index (Phi) is 2.05. The van der Waals surface area contributed by atoms with Crippen LogP contribution in [0.5, 0.6) is 0 Å². The second kappa shape index (κ2) is 3.24. The second-order valence-corrected chi connectivity index (χ2v) is 3.29. The lowest BCUT2D eigenvalue weighted by molar-refractivity contribution is 0.619. The van der Waals surface area contributed by atoms with Gasteiger partial charge >= 0.3 is 5.69 Å². The van der Waals surface area contributed by atoms with Crippen LogP contribution < -0.4 is 5.69 Å². The van der Waals surface area contributed by atoms with Crippen LogP contribution in [0.3, 0.4) is 0 Å². The largest absolute Gasteiger partial charge is 0.327 e. The van der Waals surface area contributed by atoms with E-state index in [0.29, 0.717) is 16.6 Å². The van der Waals surface area contributed by atoms with E-state index in [2.05, 4.69) is 4.98 Å². The third-order valence-electron chi connectivity index (χ3n) is 2.28. The Bertz CT molecular complexity index is 618. The molecule has 0 fully saturated rings. The second-order valence-electron chi connectivity index (χ2n) is 3.29. The van der Waals surface area contributed by atoms with Gasteiger partial charge in [-0.3, -0.25) is 4.57 Å². The molecule has 2 rings (SSSR count). The van der Waals surface area contributed by atoms with E-state index < -0.39 is 5.69 Å². The van der Waals surface area contributed by atoms with Crippen LogP contribution in [0, 0.1) is 24.1 Å². The van der Waals surface area contributed by atoms with Gasteiger partial charge in [0.15, 0.2) is 0 Å². The molecule has 1 N–H and O–H groups in total. The standard InChI is InChI=1S/C10H8FN3O/c1-6-4-8-9(5-7(6)11)14(3-2-12)10(15)13-8/h4-5H,3H2,1H3,(H,13,15). The Morgan fingerprint density at radius 2 is 2.33 bits per heavy atom. The van der Waals surface area contributed by atoms with E-state index in [0.717, 1.165) is 0 Å². The first-order valence-corrected chi connectivity index (χ1v) is 4.39. The number of benzene rings is 1. The number of hydrogen-bond acceptors (Lipinski definition) is 2. The number of fused-ring (bicyclic) bond motifs is 1. The highest BCUT2D eigenvalue weighted by atomic mass is 19.1. The van der Waals surface area contributed by atoms with E-state index in [9.17, 15) is 9.18 Å². The summed E-state index contributed by atoms with van der Waals surface area (Å²) in [6.07, 6.45) is 0. The molecule has 1 aromatic carbocycles. The molecule has 0 radical (unpaired) electrons. The summed E-state index contributed by atoms with van der Waals surface area (Å²) in [5.41, 5.74) is 1.04. The number of aromatic nitrogens is 2. The number of hydrogen-bond donors (Lipinski definition) is 1. The van der Waals surface area contributed by atoms with Gasteiger partial charge in [-0.1, -0.05) is 0 Å². The van der Waals surface area contributed by atoms with Gasteiger partial charge in [0.1, 0.15) is 12.4 Å². The lowest BCUT2D eigenvalue weighted by atomic mass is 10.2. The van der Waals surface area contributed by atoms with Gasteiger partial charge in [-0.2, -0.15) is 5.26 Å². The van der Waals surface area contributed by atoms with E-state index in [1.165, 1.54) is 10.6 Å². The molecule has 4 nitrogen and oxygen atoms in total. The van der Waals surface area contributed by atoms with Gasteiger partial charge in [-0.05, 0) is 18.6 Å². The number of H-pyrrole nitrogens is 1. The summed E-state index contributed by atoms with van der Waals surface area (Å²) < 4.78 is 14.5. The Hall–Kier alpha value is -2.09. The molecule has 0 aliphatic carbocycles. The minimum absolute atomic E-state index is 0.0820. The van der Waals surface area contributed by atoms with Crippen LogP contribution in [0.15, 0.2) is 16.9 Å². The molecule has 2 aromatic rings. The molecule has 5 heteroatoms. The summed E-state index contributed by atoms with van der Waals surface area (Å²) in [6, 6.07) is 4.68. The molecule has 0 saturated heterocycles. The monoisotopic (exact) mass is 205 g/mol. The van der Waals surface area contributed by atoms with Crippen molar-refractivity contribution in [2.75, 3.05) is 0 Å². The highest BCUT2D eigenvalue weighted by molar-refractivity contribution is 5.76. The molecule has 15 heavy (non-hydrogen) atoms. The van der Waals surface area contributed by atoms with Crippen molar-refractivity contribution in [2.45, 2.75) is 13.5 Å². The first-order valence-electron chi connectivity index (χ1n) is 4.39. The predicted octanol–water partition coefficient (Wildman–Crippen LogP) is 1.30. The lowest BCUT2D eigenvalue weighted by Crippen LogP contribution is -2.15. The van der Waals surface area contributed by atoms with Gasteiger partial charge in [-0.25, -0.2) is 9.18 Å². The molecule has 0 atom stereocenters. The molecule has 1 aromatic heterocycles. The fraction of sp³-hybridized carbons (Fsp3) is 0.200. The van der Waals surface area contributed by atoms with Crippen molar-refractivity contribution >= 4 is 11.0 Å². The van der Waals surface area contributed by atoms with E-state index in [1.54, 1.807) is 13.0 Å². The number of nitriles is 1. The number of nitrogens with one attached hydrogen (secondary N) is 1. The smallest absolute Gasteiger partial charge is 0.305 e. The van der Waals surface area contributed by atoms with Crippen molar-refractivity contribution in [3.63, 3.8) is 0 Å². The SMILES string of the molecule is Cc1cc2[nH]c(=O)n(CC#N)c2cc1F. The van der Waals surface area contributed by atoms with E-state index >= 15 is 0 Å². The maximum absolute atomic E-state index is 13.3. The Balaban J connectivity index is 2.83. The summed E-state index contributed by atoms with van der Waals surface area (Å²) in [4.78, 5) is 14.0. The molecule has 0 spiro atoms. The van der Waals surface area contributed by atoms with Crippen molar-refractivity contribution in [2.24, 2.45) is 0 Å². The molecule has 0 aliphatic heterocycles. The molecule has 0 aliphatic rings. The summed E-state index contributed by atoms with van der Waals surface area (Å²) in [5, 5.41) is 8.53. The first-order chi connectivity index (χ1) is 7.13. The molecule has 0 saturated carbocycles. The quantitative estimate of drug-likeness (QED) is 0.762. The third kappa shape index (κ3) is 1.40. The van der Waals surface area contributed by atoms with Gasteiger partial charge in [-0.15, -0.1) is 0 Å². The molecule has 1 heterocycles. The van der Waals surface area contributed by atoms with Gasteiger partial charge in [0.2, 0.25) is 0 Å². The van der Waals surface area contributed by atoms with Crippen LogP contribution in [-0.2, 0) is 6.54 Å². The topological polar surface area (TPSA) is 61.6 Å². The average molecular weight is 205 g/mol. The van der Waals surface area contributed by atoms with Gasteiger partial charge < -0.3 is 4.98 Å². The van der Waals surface area contributed by atoms with Crippen LogP contribution in [0.1, 0.15) is 5.56 Å². The normalized spacial score (nSPS) is 10.5. The van der Waals surface area contributed by atoms with Crippen LogP contribution in [0.2, 0.25) is 0 Å². The minimum Gasteiger partial charge on any atom is -0.305 e. The van der Waals surface area contributed by atoms with Crippen LogP contribution >= 0.6 is 0 Å². The first kappa shape index (κ1) is 9.46. The molecule has 0 amide bonds. The molecule has 76 valence electrons. The fourth-order valence-corrected chi connectivity index (χ4v) is 1.51. The third-order valence-corrected chi connectivity index (χ3v) is 2.28. The molecular formula is C10H8FN3O. The number of rotatable bonds is 1. The summed E-state index contributed by atoms with van der Waals surface area (Å²) in [6.45, 7) is 1.54. The Morgan fingerprint density at radius 3 is 3.00 bits per heavy atom. The molecule has 0 unspecified atom stereocenters. The van der Waals surface area contributed by atoms with Crippen molar-refractivity contribution in [1.29, 1.82) is 5.26 Å². The summed E-state index contributed by atoms with van der Waals surface area (Å²) >= 11 is 0. The van der Waals surface area contributed by atoms with Crippen LogP contribution in [0.4, 0.5) is 4.39 Å². The highest BCUT2D eigenvalue weighted by Gasteiger charge is 2.08. The highest BCUT2D eigenvalue weighted by Crippen LogP contribution is 2.15. The number of imidazole rings is 1. The maximum atomic E-state index is 13.3. The Morgan fingerprint density at radius 1 is 1.60 bits per heavy atom. The van der Waals surface area contributed by atoms with Gasteiger partial charge in [0.05, 0.1) is 17.1 Å². The van der Waals surface area contributed by atoms with E-state index in [-0.39, 0.29) is 12.4 Å².